The van der Waals surface area contributed by atoms with Crippen LogP contribution in [0.25, 0.3) is 0 Å². The van der Waals surface area contributed by atoms with E-state index in [2.05, 4.69) is 13.8 Å². The van der Waals surface area contributed by atoms with Crippen LogP contribution in [0.15, 0.2) is 17.5 Å². The Morgan fingerprint density at radius 2 is 2.20 bits per heavy atom. The fourth-order valence-electron chi connectivity index (χ4n) is 1.89. The summed E-state index contributed by atoms with van der Waals surface area (Å²) in [6.45, 7) is 4.45. The number of unbranched alkanes of at least 4 members (excludes halogenated alkanes) is 1. The second kappa shape index (κ2) is 7.02. The molecular weight excluding hydrogens is 204 g/mol. The third kappa shape index (κ3) is 4.35. The van der Waals surface area contributed by atoms with E-state index in [9.17, 15) is 5.11 Å². The molecule has 0 saturated heterocycles. The molecule has 0 saturated carbocycles. The van der Waals surface area contributed by atoms with Gasteiger partial charge in [-0.15, -0.1) is 11.3 Å². The Balaban J connectivity index is 2.37. The molecular formula is C13H22OS. The molecule has 0 spiro atoms. The third-order valence-corrected chi connectivity index (χ3v) is 3.95. The van der Waals surface area contributed by atoms with Crippen LogP contribution >= 0.6 is 11.3 Å². The van der Waals surface area contributed by atoms with E-state index in [1.807, 2.05) is 17.5 Å². The highest BCUT2D eigenvalue weighted by atomic mass is 32.1. The van der Waals surface area contributed by atoms with Crippen LogP contribution in [0.3, 0.4) is 0 Å². The Morgan fingerprint density at radius 1 is 1.40 bits per heavy atom. The maximum absolute atomic E-state index is 10.0. The molecule has 0 fully saturated rings. The Bertz CT molecular complexity index is 243. The molecule has 0 bridgehead atoms. The van der Waals surface area contributed by atoms with Gasteiger partial charge in [0.25, 0.3) is 0 Å². The Labute approximate surface area is 97.2 Å². The Hall–Kier alpha value is -0.340. The molecule has 86 valence electrons. The van der Waals surface area contributed by atoms with Crippen molar-refractivity contribution in [2.75, 3.05) is 0 Å². The van der Waals surface area contributed by atoms with Gasteiger partial charge in [-0.2, -0.15) is 0 Å². The van der Waals surface area contributed by atoms with E-state index in [1.54, 1.807) is 11.3 Å². The molecule has 0 aliphatic rings. The summed E-state index contributed by atoms with van der Waals surface area (Å²) < 4.78 is 0. The second-order valence-electron chi connectivity index (χ2n) is 4.18. The van der Waals surface area contributed by atoms with Gasteiger partial charge in [-0.3, -0.25) is 0 Å². The number of hydrogen-bond donors (Lipinski definition) is 1. The van der Waals surface area contributed by atoms with Crippen LogP contribution in [0, 0.1) is 5.92 Å². The van der Waals surface area contributed by atoms with Gasteiger partial charge in [0.2, 0.25) is 0 Å². The Kier molecular flexibility index (Phi) is 5.96. The lowest BCUT2D eigenvalue weighted by Crippen LogP contribution is -2.05. The maximum atomic E-state index is 10.0. The first-order valence-electron chi connectivity index (χ1n) is 5.99. The molecule has 1 N–H and O–H groups in total. The number of aliphatic hydroxyl groups is 1. The third-order valence-electron chi connectivity index (χ3n) is 2.97. The predicted octanol–water partition coefficient (Wildman–Crippen LogP) is 4.39. The van der Waals surface area contributed by atoms with Crippen LogP contribution in [0.5, 0.6) is 0 Å². The molecule has 0 amide bonds. The van der Waals surface area contributed by atoms with Crippen molar-refractivity contribution in [1.82, 2.24) is 0 Å². The van der Waals surface area contributed by atoms with Crippen molar-refractivity contribution in [3.05, 3.63) is 22.4 Å². The molecule has 1 aromatic heterocycles. The zero-order valence-corrected chi connectivity index (χ0v) is 10.6. The highest BCUT2D eigenvalue weighted by Crippen LogP contribution is 2.28. The van der Waals surface area contributed by atoms with E-state index >= 15 is 0 Å². The zero-order chi connectivity index (χ0) is 11.1. The molecule has 2 heteroatoms. The molecule has 2 unspecified atom stereocenters. The van der Waals surface area contributed by atoms with Gasteiger partial charge in [-0.05, 0) is 23.8 Å². The fraction of sp³-hybridized carbons (Fsp3) is 0.692. The molecule has 0 aromatic carbocycles. The lowest BCUT2D eigenvalue weighted by atomic mass is 9.93. The summed E-state index contributed by atoms with van der Waals surface area (Å²) in [5.41, 5.74) is 0. The van der Waals surface area contributed by atoms with Gasteiger partial charge in [0.15, 0.2) is 0 Å². The van der Waals surface area contributed by atoms with E-state index in [0.717, 1.165) is 11.3 Å². The monoisotopic (exact) mass is 226 g/mol. The minimum atomic E-state index is -0.244. The van der Waals surface area contributed by atoms with Gasteiger partial charge in [0.1, 0.15) is 0 Å². The van der Waals surface area contributed by atoms with Gasteiger partial charge < -0.3 is 5.11 Å². The highest BCUT2D eigenvalue weighted by Gasteiger charge is 2.14. The Morgan fingerprint density at radius 3 is 2.73 bits per heavy atom. The summed E-state index contributed by atoms with van der Waals surface area (Å²) in [4.78, 5) is 1.12. The zero-order valence-electron chi connectivity index (χ0n) is 9.78. The van der Waals surface area contributed by atoms with E-state index in [0.29, 0.717) is 5.92 Å². The lowest BCUT2D eigenvalue weighted by Gasteiger charge is -2.17. The minimum Gasteiger partial charge on any atom is -0.388 e. The molecule has 2 atom stereocenters. The first kappa shape index (κ1) is 12.7. The number of thiophene rings is 1. The van der Waals surface area contributed by atoms with E-state index in [1.165, 1.54) is 25.7 Å². The first-order chi connectivity index (χ1) is 7.27. The average molecular weight is 226 g/mol. The van der Waals surface area contributed by atoms with E-state index in [-0.39, 0.29) is 6.10 Å². The standard InChI is InChI=1S/C13H22OS/c1-3-5-7-11(4-2)10-12(14)13-8-6-9-15-13/h6,8-9,11-12,14H,3-5,7,10H2,1-2H3. The highest BCUT2D eigenvalue weighted by molar-refractivity contribution is 7.10. The van der Waals surface area contributed by atoms with Gasteiger partial charge in [-0.1, -0.05) is 45.6 Å². The van der Waals surface area contributed by atoms with E-state index < -0.39 is 0 Å². The average Bonchev–Trinajstić information content (AvgIpc) is 2.77. The molecule has 15 heavy (non-hydrogen) atoms. The van der Waals surface area contributed by atoms with Gasteiger partial charge in [0, 0.05) is 4.88 Å². The summed E-state index contributed by atoms with van der Waals surface area (Å²) in [5, 5.41) is 12.1. The van der Waals surface area contributed by atoms with Crippen molar-refractivity contribution in [1.29, 1.82) is 0 Å². The molecule has 1 rings (SSSR count). The smallest absolute Gasteiger partial charge is 0.0884 e. The molecule has 1 heterocycles. The fourth-order valence-corrected chi connectivity index (χ4v) is 2.62. The largest absolute Gasteiger partial charge is 0.388 e. The minimum absolute atomic E-state index is 0.244. The van der Waals surface area contributed by atoms with Crippen molar-refractivity contribution >= 4 is 11.3 Å². The number of hydrogen-bond acceptors (Lipinski definition) is 2. The van der Waals surface area contributed by atoms with Crippen LogP contribution in [0.2, 0.25) is 0 Å². The van der Waals surface area contributed by atoms with Crippen LogP contribution in [-0.2, 0) is 0 Å². The molecule has 1 nitrogen and oxygen atoms in total. The van der Waals surface area contributed by atoms with Crippen LogP contribution in [0.4, 0.5) is 0 Å². The van der Waals surface area contributed by atoms with Crippen molar-refractivity contribution in [3.8, 4) is 0 Å². The normalized spacial score (nSPS) is 15.1. The maximum Gasteiger partial charge on any atom is 0.0884 e. The first-order valence-corrected chi connectivity index (χ1v) is 6.87. The SMILES string of the molecule is CCCCC(CC)CC(O)c1cccs1. The van der Waals surface area contributed by atoms with Crippen LogP contribution in [-0.4, -0.2) is 5.11 Å². The predicted molar refractivity (Wildman–Crippen MR) is 67.2 cm³/mol. The summed E-state index contributed by atoms with van der Waals surface area (Å²) in [6.07, 6.45) is 5.67. The molecule has 0 radical (unpaired) electrons. The van der Waals surface area contributed by atoms with Crippen molar-refractivity contribution in [2.24, 2.45) is 5.92 Å². The van der Waals surface area contributed by atoms with Crippen molar-refractivity contribution < 1.29 is 5.11 Å². The second-order valence-corrected chi connectivity index (χ2v) is 5.16. The molecule has 0 aliphatic heterocycles. The summed E-state index contributed by atoms with van der Waals surface area (Å²) in [7, 11) is 0. The van der Waals surface area contributed by atoms with Crippen molar-refractivity contribution in [3.63, 3.8) is 0 Å². The van der Waals surface area contributed by atoms with Crippen LogP contribution < -0.4 is 0 Å². The van der Waals surface area contributed by atoms with Crippen LogP contribution in [0.1, 0.15) is 56.9 Å². The molecule has 1 aromatic rings. The number of aliphatic hydroxyl groups excluding tert-OH is 1. The van der Waals surface area contributed by atoms with Gasteiger partial charge in [-0.25, -0.2) is 0 Å². The lowest BCUT2D eigenvalue weighted by molar-refractivity contribution is 0.142. The van der Waals surface area contributed by atoms with Gasteiger partial charge in [0.05, 0.1) is 6.10 Å². The molecule has 0 aliphatic carbocycles. The topological polar surface area (TPSA) is 20.2 Å². The van der Waals surface area contributed by atoms with Crippen molar-refractivity contribution in [2.45, 2.75) is 52.1 Å². The quantitative estimate of drug-likeness (QED) is 0.731. The summed E-state index contributed by atoms with van der Waals surface area (Å²) in [6, 6.07) is 4.04. The summed E-state index contributed by atoms with van der Waals surface area (Å²) >= 11 is 1.66. The number of rotatable bonds is 7. The van der Waals surface area contributed by atoms with E-state index in [4.69, 9.17) is 0 Å². The summed E-state index contributed by atoms with van der Waals surface area (Å²) in [5.74, 6) is 0.682. The van der Waals surface area contributed by atoms with Gasteiger partial charge >= 0.3 is 0 Å².